The summed E-state index contributed by atoms with van der Waals surface area (Å²) in [4.78, 5) is 0. The summed E-state index contributed by atoms with van der Waals surface area (Å²) in [5, 5.41) is 9.79. The minimum atomic E-state index is -4.49. The molecule has 2 rings (SSSR count). The molecule has 0 heterocycles. The predicted molar refractivity (Wildman–Crippen MR) is 62.1 cm³/mol. The second-order valence-electron chi connectivity index (χ2n) is 4.91. The fraction of sp³-hybridized carbons (Fsp3) is 0.538. The number of halogens is 3. The van der Waals surface area contributed by atoms with E-state index in [1.807, 2.05) is 0 Å². The van der Waals surface area contributed by atoms with Crippen LogP contribution in [0.1, 0.15) is 43.2 Å². The number of phenolic OH excluding ortho intramolecular Hbond substituents is 1. The average Bonchev–Trinajstić information content (AvgIpc) is 2.28. The molecule has 1 aromatic carbocycles. The fourth-order valence-electron chi connectivity index (χ4n) is 2.73. The molecule has 0 aromatic heterocycles. The highest BCUT2D eigenvalue weighted by Gasteiger charge is 2.42. The first kappa shape index (κ1) is 13.2. The maximum atomic E-state index is 13.0. The van der Waals surface area contributed by atoms with E-state index in [-0.39, 0.29) is 11.3 Å². The Morgan fingerprint density at radius 2 is 1.72 bits per heavy atom. The molecule has 18 heavy (non-hydrogen) atoms. The smallest absolute Gasteiger partial charge is 0.416 e. The molecular weight excluding hydrogens is 243 g/mol. The van der Waals surface area contributed by atoms with Crippen molar-refractivity contribution in [2.45, 2.75) is 43.8 Å². The maximum Gasteiger partial charge on any atom is 0.416 e. The number of alkyl halides is 3. The molecule has 1 aliphatic carbocycles. The van der Waals surface area contributed by atoms with E-state index in [0.717, 1.165) is 25.3 Å². The normalized spacial score (nSPS) is 19.8. The zero-order valence-corrected chi connectivity index (χ0v) is 9.93. The summed E-state index contributed by atoms with van der Waals surface area (Å²) in [7, 11) is 0. The summed E-state index contributed by atoms with van der Waals surface area (Å²) in [6, 6.07) is 3.46. The molecule has 0 atom stereocenters. The molecule has 0 bridgehead atoms. The average molecular weight is 259 g/mol. The van der Waals surface area contributed by atoms with Crippen LogP contribution in [0, 0.1) is 0 Å². The predicted octanol–water partition coefficient (Wildman–Crippen LogP) is 3.53. The summed E-state index contributed by atoms with van der Waals surface area (Å²) in [6.45, 7) is 0. The van der Waals surface area contributed by atoms with Crippen LogP contribution in [-0.4, -0.2) is 5.11 Å². The highest BCUT2D eigenvalue weighted by Crippen LogP contribution is 2.45. The van der Waals surface area contributed by atoms with Crippen LogP contribution in [0.4, 0.5) is 13.2 Å². The van der Waals surface area contributed by atoms with Gasteiger partial charge in [0.15, 0.2) is 0 Å². The van der Waals surface area contributed by atoms with Crippen molar-refractivity contribution >= 4 is 0 Å². The molecule has 1 saturated carbocycles. The Bertz CT molecular complexity index is 436. The number of aromatic hydroxyl groups is 1. The molecule has 2 nitrogen and oxygen atoms in total. The van der Waals surface area contributed by atoms with Crippen molar-refractivity contribution in [3.05, 3.63) is 29.3 Å². The van der Waals surface area contributed by atoms with Gasteiger partial charge in [0, 0.05) is 11.1 Å². The van der Waals surface area contributed by atoms with Crippen LogP contribution in [0.25, 0.3) is 0 Å². The highest BCUT2D eigenvalue weighted by atomic mass is 19.4. The number of hydrogen-bond donors (Lipinski definition) is 2. The topological polar surface area (TPSA) is 46.2 Å². The first-order chi connectivity index (χ1) is 8.34. The van der Waals surface area contributed by atoms with E-state index in [0.29, 0.717) is 12.8 Å². The van der Waals surface area contributed by atoms with E-state index in [1.54, 1.807) is 0 Å². The summed E-state index contributed by atoms with van der Waals surface area (Å²) >= 11 is 0. The van der Waals surface area contributed by atoms with Gasteiger partial charge >= 0.3 is 6.18 Å². The molecule has 1 aromatic rings. The minimum absolute atomic E-state index is 0.141. The van der Waals surface area contributed by atoms with Gasteiger partial charge in [-0.1, -0.05) is 25.3 Å². The molecule has 5 heteroatoms. The van der Waals surface area contributed by atoms with Crippen LogP contribution in [0.2, 0.25) is 0 Å². The van der Waals surface area contributed by atoms with Crippen molar-refractivity contribution in [3.8, 4) is 5.75 Å². The van der Waals surface area contributed by atoms with Gasteiger partial charge in [-0.2, -0.15) is 13.2 Å². The molecule has 1 aliphatic rings. The SMILES string of the molecule is NC1(c2c(O)cccc2C(F)(F)F)CCCCC1. The van der Waals surface area contributed by atoms with Crippen molar-refractivity contribution in [3.63, 3.8) is 0 Å². The maximum absolute atomic E-state index is 13.0. The molecule has 0 radical (unpaired) electrons. The first-order valence-electron chi connectivity index (χ1n) is 6.03. The van der Waals surface area contributed by atoms with E-state index in [4.69, 9.17) is 5.73 Å². The minimum Gasteiger partial charge on any atom is -0.508 e. The van der Waals surface area contributed by atoms with Crippen LogP contribution >= 0.6 is 0 Å². The van der Waals surface area contributed by atoms with Crippen molar-refractivity contribution in [1.82, 2.24) is 0 Å². The third kappa shape index (κ3) is 2.32. The molecule has 0 aliphatic heterocycles. The lowest BCUT2D eigenvalue weighted by molar-refractivity contribution is -0.139. The lowest BCUT2D eigenvalue weighted by Crippen LogP contribution is -2.40. The Morgan fingerprint density at radius 1 is 1.11 bits per heavy atom. The molecular formula is C13H16F3NO. The standard InChI is InChI=1S/C13H16F3NO/c14-13(15,16)9-5-4-6-10(18)11(9)12(17)7-2-1-3-8-12/h4-6,18H,1-3,7-8,17H2. The zero-order valence-electron chi connectivity index (χ0n) is 9.93. The van der Waals surface area contributed by atoms with E-state index in [2.05, 4.69) is 0 Å². The third-order valence-electron chi connectivity index (χ3n) is 3.59. The Morgan fingerprint density at radius 3 is 2.28 bits per heavy atom. The van der Waals surface area contributed by atoms with Gasteiger partial charge in [-0.3, -0.25) is 0 Å². The second kappa shape index (κ2) is 4.46. The molecule has 0 amide bonds. The van der Waals surface area contributed by atoms with Crippen LogP contribution in [0.5, 0.6) is 5.75 Å². The lowest BCUT2D eigenvalue weighted by Gasteiger charge is -2.36. The number of rotatable bonds is 1. The molecule has 100 valence electrons. The third-order valence-corrected chi connectivity index (χ3v) is 3.59. The highest BCUT2D eigenvalue weighted by molar-refractivity contribution is 5.46. The first-order valence-corrected chi connectivity index (χ1v) is 6.03. The summed E-state index contributed by atoms with van der Waals surface area (Å²) < 4.78 is 39.0. The van der Waals surface area contributed by atoms with Gasteiger partial charge in [0.1, 0.15) is 5.75 Å². The quantitative estimate of drug-likeness (QED) is 0.810. The van der Waals surface area contributed by atoms with E-state index in [9.17, 15) is 18.3 Å². The fourth-order valence-corrected chi connectivity index (χ4v) is 2.73. The van der Waals surface area contributed by atoms with Gasteiger partial charge in [-0.15, -0.1) is 0 Å². The molecule has 0 spiro atoms. The van der Waals surface area contributed by atoms with E-state index >= 15 is 0 Å². The zero-order chi connectivity index (χ0) is 13.4. The van der Waals surface area contributed by atoms with Gasteiger partial charge < -0.3 is 10.8 Å². The van der Waals surface area contributed by atoms with Gasteiger partial charge in [-0.25, -0.2) is 0 Å². The molecule has 0 saturated heterocycles. The van der Waals surface area contributed by atoms with E-state index < -0.39 is 17.3 Å². The number of hydrogen-bond acceptors (Lipinski definition) is 2. The number of phenols is 1. The summed E-state index contributed by atoms with van der Waals surface area (Å²) in [5.74, 6) is -0.353. The van der Waals surface area contributed by atoms with Crippen LogP contribution < -0.4 is 5.73 Å². The van der Waals surface area contributed by atoms with Gasteiger partial charge in [-0.05, 0) is 25.0 Å². The van der Waals surface area contributed by atoms with Gasteiger partial charge in [0.25, 0.3) is 0 Å². The van der Waals surface area contributed by atoms with Crippen molar-refractivity contribution in [2.24, 2.45) is 5.73 Å². The van der Waals surface area contributed by atoms with Crippen LogP contribution in [0.3, 0.4) is 0 Å². The Kier molecular flexibility index (Phi) is 3.27. The summed E-state index contributed by atoms with van der Waals surface area (Å²) in [5.41, 5.74) is 4.10. The molecule has 0 unspecified atom stereocenters. The van der Waals surface area contributed by atoms with Crippen LogP contribution in [0.15, 0.2) is 18.2 Å². The van der Waals surface area contributed by atoms with Gasteiger partial charge in [0.05, 0.1) is 5.56 Å². The van der Waals surface area contributed by atoms with Crippen LogP contribution in [-0.2, 0) is 11.7 Å². The molecule has 3 N–H and O–H groups in total. The largest absolute Gasteiger partial charge is 0.508 e. The van der Waals surface area contributed by atoms with Crippen molar-refractivity contribution < 1.29 is 18.3 Å². The Hall–Kier alpha value is -1.23. The summed E-state index contributed by atoms with van der Waals surface area (Å²) in [6.07, 6.45) is -0.961. The van der Waals surface area contributed by atoms with Crippen molar-refractivity contribution in [2.75, 3.05) is 0 Å². The monoisotopic (exact) mass is 259 g/mol. The number of nitrogens with two attached hydrogens (primary N) is 1. The number of benzene rings is 1. The molecule has 1 fully saturated rings. The Labute approximate surface area is 104 Å². The second-order valence-corrected chi connectivity index (χ2v) is 4.91. The van der Waals surface area contributed by atoms with Crippen molar-refractivity contribution in [1.29, 1.82) is 0 Å². The van der Waals surface area contributed by atoms with Gasteiger partial charge in [0.2, 0.25) is 0 Å². The Balaban J connectivity index is 2.55. The van der Waals surface area contributed by atoms with E-state index in [1.165, 1.54) is 12.1 Å². The lowest BCUT2D eigenvalue weighted by atomic mass is 9.75.